The van der Waals surface area contributed by atoms with E-state index in [4.69, 9.17) is 4.74 Å². The summed E-state index contributed by atoms with van der Waals surface area (Å²) in [6.07, 6.45) is -4.50. The number of halogens is 3. The first-order chi connectivity index (χ1) is 12.3. The molecule has 0 fully saturated rings. The first kappa shape index (κ1) is 16.4. The Balaban J connectivity index is 1.75. The van der Waals surface area contributed by atoms with Crippen molar-refractivity contribution in [1.82, 2.24) is 15.0 Å². The number of aromatic nitrogens is 3. The fourth-order valence-electron chi connectivity index (χ4n) is 2.93. The number of nitrogens with zero attached hydrogens (tertiary/aromatic N) is 4. The van der Waals surface area contributed by atoms with Crippen molar-refractivity contribution < 1.29 is 22.7 Å². The van der Waals surface area contributed by atoms with E-state index < -0.39 is 17.6 Å². The van der Waals surface area contributed by atoms with Gasteiger partial charge in [-0.15, -0.1) is 5.10 Å². The molecule has 0 unspecified atom stereocenters. The number of alkyl halides is 3. The molecule has 1 aliphatic rings. The van der Waals surface area contributed by atoms with Crippen molar-refractivity contribution in [3.05, 3.63) is 47.5 Å². The van der Waals surface area contributed by atoms with Gasteiger partial charge >= 0.3 is 6.18 Å². The predicted octanol–water partition coefficient (Wildman–Crippen LogP) is 3.03. The molecule has 0 aliphatic carbocycles. The molecule has 1 amide bonds. The fourth-order valence-corrected chi connectivity index (χ4v) is 2.93. The van der Waals surface area contributed by atoms with Crippen molar-refractivity contribution in [3.8, 4) is 5.75 Å². The number of hydrogen-bond acceptors (Lipinski definition) is 4. The largest absolute Gasteiger partial charge is 0.490 e. The average molecular weight is 362 g/mol. The zero-order chi connectivity index (χ0) is 18.5. The fraction of sp³-hybridized carbons (Fsp3) is 0.235. The minimum absolute atomic E-state index is 0.107. The Labute approximate surface area is 145 Å². The van der Waals surface area contributed by atoms with Gasteiger partial charge < -0.3 is 9.64 Å². The van der Waals surface area contributed by atoms with Gasteiger partial charge in [0, 0.05) is 12.6 Å². The van der Waals surface area contributed by atoms with Gasteiger partial charge in [-0.1, -0.05) is 5.21 Å². The summed E-state index contributed by atoms with van der Waals surface area (Å²) >= 11 is 0. The third-order valence-electron chi connectivity index (χ3n) is 4.25. The summed E-state index contributed by atoms with van der Waals surface area (Å²) in [6.45, 7) is 0.364. The highest BCUT2D eigenvalue weighted by molar-refractivity contribution is 6.08. The molecule has 0 bridgehead atoms. The summed E-state index contributed by atoms with van der Waals surface area (Å²) in [5.41, 5.74) is 0.890. The molecule has 0 saturated carbocycles. The first-order valence-corrected chi connectivity index (χ1v) is 7.80. The molecule has 0 spiro atoms. The summed E-state index contributed by atoms with van der Waals surface area (Å²) in [5, 5.41) is 7.85. The molecule has 4 rings (SSSR count). The Bertz CT molecular complexity index is 1010. The molecule has 2 heterocycles. The first-order valence-electron chi connectivity index (χ1n) is 7.80. The van der Waals surface area contributed by atoms with E-state index >= 15 is 0 Å². The topological polar surface area (TPSA) is 60.2 Å². The standard InChI is InChI=1S/C17H13F3N4O2/c1-23-13-4-2-10(8-12(13)21-22-23)16(25)24-6-7-26-15-5-3-11(9-14(15)24)17(18,19)20/h2-5,8-9H,6-7H2,1H3. The normalized spacial score (nSPS) is 14.2. The minimum atomic E-state index is -4.50. The summed E-state index contributed by atoms with van der Waals surface area (Å²) < 4.78 is 46.0. The third kappa shape index (κ3) is 2.65. The van der Waals surface area contributed by atoms with Crippen molar-refractivity contribution in [2.24, 2.45) is 7.05 Å². The van der Waals surface area contributed by atoms with Crippen LogP contribution < -0.4 is 9.64 Å². The lowest BCUT2D eigenvalue weighted by Gasteiger charge is -2.30. The molecule has 26 heavy (non-hydrogen) atoms. The van der Waals surface area contributed by atoms with Gasteiger partial charge in [0.1, 0.15) is 17.9 Å². The number of carbonyl (C=O) groups is 1. The second-order valence-corrected chi connectivity index (χ2v) is 5.90. The van der Waals surface area contributed by atoms with E-state index in [2.05, 4.69) is 10.3 Å². The van der Waals surface area contributed by atoms with E-state index in [0.717, 1.165) is 17.6 Å². The molecular formula is C17H13F3N4O2. The molecule has 0 saturated heterocycles. The minimum Gasteiger partial charge on any atom is -0.490 e. The molecule has 1 aliphatic heterocycles. The van der Waals surface area contributed by atoms with Crippen LogP contribution in [0.25, 0.3) is 11.0 Å². The zero-order valence-electron chi connectivity index (χ0n) is 13.6. The van der Waals surface area contributed by atoms with E-state index in [-0.39, 0.29) is 24.6 Å². The van der Waals surface area contributed by atoms with Gasteiger partial charge in [-0.3, -0.25) is 4.79 Å². The number of aryl methyl sites for hydroxylation is 1. The molecule has 3 aromatic rings. The number of amides is 1. The number of anilines is 1. The number of rotatable bonds is 1. The SMILES string of the molecule is Cn1nnc2cc(C(=O)N3CCOc4ccc(C(F)(F)F)cc43)ccc21. The number of benzene rings is 2. The van der Waals surface area contributed by atoms with E-state index in [1.165, 1.54) is 11.0 Å². The van der Waals surface area contributed by atoms with Crippen molar-refractivity contribution in [3.63, 3.8) is 0 Å². The predicted molar refractivity (Wildman–Crippen MR) is 87.1 cm³/mol. The Morgan fingerprint density at radius 3 is 2.77 bits per heavy atom. The molecule has 0 N–H and O–H groups in total. The Kier molecular flexibility index (Phi) is 3.60. The van der Waals surface area contributed by atoms with Crippen molar-refractivity contribution in [2.75, 3.05) is 18.1 Å². The van der Waals surface area contributed by atoms with E-state index in [1.807, 2.05) is 0 Å². The van der Waals surface area contributed by atoms with Gasteiger partial charge in [-0.05, 0) is 36.4 Å². The van der Waals surface area contributed by atoms with Crippen molar-refractivity contribution >= 4 is 22.6 Å². The molecule has 2 aromatic carbocycles. The molecule has 9 heteroatoms. The number of ether oxygens (including phenoxy) is 1. The van der Waals surface area contributed by atoms with Crippen LogP contribution in [0.5, 0.6) is 5.75 Å². The quantitative estimate of drug-likeness (QED) is 0.668. The lowest BCUT2D eigenvalue weighted by molar-refractivity contribution is -0.137. The smallest absolute Gasteiger partial charge is 0.416 e. The highest BCUT2D eigenvalue weighted by atomic mass is 19.4. The van der Waals surface area contributed by atoms with Gasteiger partial charge in [0.05, 0.1) is 23.3 Å². The van der Waals surface area contributed by atoms with Crippen molar-refractivity contribution in [2.45, 2.75) is 6.18 Å². The van der Waals surface area contributed by atoms with Crippen LogP contribution in [0.3, 0.4) is 0 Å². The molecule has 0 atom stereocenters. The number of carbonyl (C=O) groups excluding carboxylic acids is 1. The zero-order valence-corrected chi connectivity index (χ0v) is 13.6. The second kappa shape index (κ2) is 5.72. The Morgan fingerprint density at radius 2 is 2.00 bits per heavy atom. The van der Waals surface area contributed by atoms with Gasteiger partial charge in [0.25, 0.3) is 5.91 Å². The summed E-state index contributed by atoms with van der Waals surface area (Å²) in [5.74, 6) is -0.167. The molecule has 134 valence electrons. The second-order valence-electron chi connectivity index (χ2n) is 5.90. The highest BCUT2D eigenvalue weighted by Crippen LogP contribution is 2.38. The van der Waals surface area contributed by atoms with Gasteiger partial charge in [-0.25, -0.2) is 4.68 Å². The maximum absolute atomic E-state index is 13.0. The van der Waals surface area contributed by atoms with Crippen LogP contribution in [-0.2, 0) is 13.2 Å². The summed E-state index contributed by atoms with van der Waals surface area (Å²) in [6, 6.07) is 8.01. The molecule has 1 aromatic heterocycles. The van der Waals surface area contributed by atoms with E-state index in [1.54, 1.807) is 29.9 Å². The molecular weight excluding hydrogens is 349 g/mol. The Hall–Kier alpha value is -3.10. The van der Waals surface area contributed by atoms with E-state index in [9.17, 15) is 18.0 Å². The molecule has 6 nitrogen and oxygen atoms in total. The van der Waals surface area contributed by atoms with Crippen molar-refractivity contribution in [1.29, 1.82) is 0 Å². The third-order valence-corrected chi connectivity index (χ3v) is 4.25. The Morgan fingerprint density at radius 1 is 1.19 bits per heavy atom. The van der Waals surface area contributed by atoms with Gasteiger partial charge in [-0.2, -0.15) is 13.2 Å². The van der Waals surface area contributed by atoms with Gasteiger partial charge in [0.2, 0.25) is 0 Å². The number of hydrogen-bond donors (Lipinski definition) is 0. The van der Waals surface area contributed by atoms with E-state index in [0.29, 0.717) is 11.1 Å². The number of fused-ring (bicyclic) bond motifs is 2. The van der Waals surface area contributed by atoms with Crippen LogP contribution in [0.1, 0.15) is 15.9 Å². The van der Waals surface area contributed by atoms with Crippen LogP contribution in [0.2, 0.25) is 0 Å². The highest BCUT2D eigenvalue weighted by Gasteiger charge is 2.34. The van der Waals surface area contributed by atoms with Crippen LogP contribution >= 0.6 is 0 Å². The maximum Gasteiger partial charge on any atom is 0.416 e. The van der Waals surface area contributed by atoms with Crippen LogP contribution in [0.4, 0.5) is 18.9 Å². The lowest BCUT2D eigenvalue weighted by atomic mass is 10.1. The van der Waals surface area contributed by atoms with Gasteiger partial charge in [0.15, 0.2) is 0 Å². The summed E-state index contributed by atoms with van der Waals surface area (Å²) in [4.78, 5) is 14.2. The van der Waals surface area contributed by atoms with Crippen LogP contribution in [0, 0.1) is 0 Å². The lowest BCUT2D eigenvalue weighted by Crippen LogP contribution is -2.38. The average Bonchev–Trinajstić information content (AvgIpc) is 3.00. The monoisotopic (exact) mass is 362 g/mol. The van der Waals surface area contributed by atoms with Crippen LogP contribution in [-0.4, -0.2) is 34.1 Å². The van der Waals surface area contributed by atoms with Crippen LogP contribution in [0.15, 0.2) is 36.4 Å². The summed E-state index contributed by atoms with van der Waals surface area (Å²) in [7, 11) is 1.73. The maximum atomic E-state index is 13.0. The molecule has 0 radical (unpaired) electrons.